The van der Waals surface area contributed by atoms with Crippen molar-refractivity contribution < 1.29 is 29.9 Å². The molecule has 0 aliphatic carbocycles. The van der Waals surface area contributed by atoms with Crippen LogP contribution in [0, 0.1) is 5.92 Å². The fourth-order valence-corrected chi connectivity index (χ4v) is 2.13. The van der Waals surface area contributed by atoms with E-state index in [1.54, 1.807) is 0 Å². The molecule has 96 valence electrons. The predicted octanol–water partition coefficient (Wildman–Crippen LogP) is -1.54. The summed E-state index contributed by atoms with van der Waals surface area (Å²) in [5, 5.41) is 38.3. The molecule has 0 spiro atoms. The number of aliphatic hydroxyl groups is 4. The lowest BCUT2D eigenvalue weighted by Gasteiger charge is -2.32. The fraction of sp³-hybridized carbons (Fsp3) is 1.00. The minimum absolute atomic E-state index is 0.500. The van der Waals surface area contributed by atoms with Crippen LogP contribution >= 0.6 is 0 Å². The molecule has 2 unspecified atom stereocenters. The molecule has 0 saturated carbocycles. The molecule has 0 amide bonds. The molecule has 0 radical (unpaired) electrons. The Bertz CT molecular complexity index is 226. The van der Waals surface area contributed by atoms with Gasteiger partial charge in [-0.25, -0.2) is 0 Å². The molecule has 0 aromatic carbocycles. The summed E-state index contributed by atoms with van der Waals surface area (Å²) in [6, 6.07) is 0. The van der Waals surface area contributed by atoms with Crippen LogP contribution in [0.3, 0.4) is 0 Å². The van der Waals surface area contributed by atoms with Crippen LogP contribution in [-0.4, -0.2) is 64.3 Å². The summed E-state index contributed by atoms with van der Waals surface area (Å²) in [4.78, 5) is 0. The topological polar surface area (TPSA) is 99.4 Å². The highest BCUT2D eigenvalue weighted by Crippen LogP contribution is 2.36. The van der Waals surface area contributed by atoms with Gasteiger partial charge in [0.15, 0.2) is 6.29 Å². The lowest BCUT2D eigenvalue weighted by atomic mass is 9.81. The van der Waals surface area contributed by atoms with E-state index in [0.29, 0.717) is 0 Å². The predicted molar refractivity (Wildman–Crippen MR) is 54.6 cm³/mol. The second-order valence-electron chi connectivity index (χ2n) is 4.62. The van der Waals surface area contributed by atoms with Crippen molar-refractivity contribution >= 4 is 0 Å². The molecule has 0 aromatic rings. The molecule has 1 saturated heterocycles. The van der Waals surface area contributed by atoms with Crippen molar-refractivity contribution in [3.63, 3.8) is 0 Å². The van der Waals surface area contributed by atoms with Crippen LogP contribution in [0.1, 0.15) is 13.8 Å². The maximum Gasteiger partial charge on any atom is 0.184 e. The van der Waals surface area contributed by atoms with E-state index in [4.69, 9.17) is 14.6 Å². The van der Waals surface area contributed by atoms with Crippen molar-refractivity contribution in [3.05, 3.63) is 0 Å². The van der Waals surface area contributed by atoms with Gasteiger partial charge in [-0.3, -0.25) is 0 Å². The Morgan fingerprint density at radius 2 is 2.00 bits per heavy atom. The number of hydrogen-bond acceptors (Lipinski definition) is 6. The van der Waals surface area contributed by atoms with E-state index in [1.807, 2.05) is 0 Å². The molecule has 16 heavy (non-hydrogen) atoms. The van der Waals surface area contributed by atoms with Crippen molar-refractivity contribution in [2.75, 3.05) is 13.7 Å². The summed E-state index contributed by atoms with van der Waals surface area (Å²) in [6.45, 7) is 2.53. The molecule has 1 fully saturated rings. The fourth-order valence-electron chi connectivity index (χ4n) is 2.13. The van der Waals surface area contributed by atoms with Gasteiger partial charge in [0.25, 0.3) is 0 Å². The number of methoxy groups -OCH3 is 1. The van der Waals surface area contributed by atoms with Gasteiger partial charge in [0.05, 0.1) is 18.3 Å². The summed E-state index contributed by atoms with van der Waals surface area (Å²) < 4.78 is 10.2. The highest BCUT2D eigenvalue weighted by atomic mass is 16.7. The third-order valence-electron chi connectivity index (χ3n) is 2.91. The Morgan fingerprint density at radius 3 is 2.38 bits per heavy atom. The van der Waals surface area contributed by atoms with Crippen LogP contribution in [0.4, 0.5) is 0 Å². The van der Waals surface area contributed by atoms with Crippen molar-refractivity contribution in [1.82, 2.24) is 0 Å². The van der Waals surface area contributed by atoms with Gasteiger partial charge in [0.1, 0.15) is 12.2 Å². The van der Waals surface area contributed by atoms with E-state index in [1.165, 1.54) is 21.0 Å². The quantitative estimate of drug-likeness (QED) is 0.472. The first-order valence-electron chi connectivity index (χ1n) is 5.20. The van der Waals surface area contributed by atoms with Gasteiger partial charge in [0, 0.05) is 13.0 Å². The number of ether oxygens (including phenoxy) is 2. The van der Waals surface area contributed by atoms with Crippen molar-refractivity contribution in [1.29, 1.82) is 0 Å². The summed E-state index contributed by atoms with van der Waals surface area (Å²) in [5.74, 6) is -0.723. The van der Waals surface area contributed by atoms with Gasteiger partial charge in [-0.15, -0.1) is 0 Å². The van der Waals surface area contributed by atoms with Gasteiger partial charge in [0.2, 0.25) is 0 Å². The standard InChI is InChI=1S/C10H20O6/c1-10(2,14)6-7(13)9(15-3)16-8(6)5(12)4-11/h5-9,11-14H,4H2,1-3H3/t5-,6?,7?,8+,9-/m1/s1. The number of hydrogen-bond donors (Lipinski definition) is 4. The molecule has 0 aromatic heterocycles. The molecule has 1 aliphatic heterocycles. The Kier molecular flexibility index (Phi) is 4.28. The average Bonchev–Trinajstić information content (AvgIpc) is 2.53. The van der Waals surface area contributed by atoms with Crippen LogP contribution in [0.5, 0.6) is 0 Å². The van der Waals surface area contributed by atoms with Crippen LogP contribution in [0.25, 0.3) is 0 Å². The molecular formula is C10H20O6. The van der Waals surface area contributed by atoms with Crippen molar-refractivity contribution in [2.24, 2.45) is 5.92 Å². The Hall–Kier alpha value is -0.240. The van der Waals surface area contributed by atoms with E-state index in [-0.39, 0.29) is 0 Å². The van der Waals surface area contributed by atoms with Crippen LogP contribution in [0.15, 0.2) is 0 Å². The number of aliphatic hydroxyl groups excluding tert-OH is 3. The molecule has 0 bridgehead atoms. The summed E-state index contributed by atoms with van der Waals surface area (Å²) in [5.41, 5.74) is -1.24. The minimum Gasteiger partial charge on any atom is -0.394 e. The summed E-state index contributed by atoms with van der Waals surface area (Å²) in [6.07, 6.45) is -3.96. The van der Waals surface area contributed by atoms with E-state index < -0.39 is 42.7 Å². The molecule has 6 heteroatoms. The average molecular weight is 236 g/mol. The third kappa shape index (κ3) is 2.53. The first-order valence-corrected chi connectivity index (χ1v) is 5.20. The first kappa shape index (κ1) is 13.8. The first-order chi connectivity index (χ1) is 7.32. The molecule has 4 N–H and O–H groups in total. The van der Waals surface area contributed by atoms with Crippen molar-refractivity contribution in [2.45, 2.75) is 44.1 Å². The lowest BCUT2D eigenvalue weighted by Crippen LogP contribution is -2.48. The largest absolute Gasteiger partial charge is 0.394 e. The highest BCUT2D eigenvalue weighted by Gasteiger charge is 2.52. The normalized spacial score (nSPS) is 37.7. The van der Waals surface area contributed by atoms with Gasteiger partial charge < -0.3 is 29.9 Å². The Labute approximate surface area is 94.4 Å². The highest BCUT2D eigenvalue weighted by molar-refractivity contribution is 4.98. The molecular weight excluding hydrogens is 216 g/mol. The van der Waals surface area contributed by atoms with Gasteiger partial charge in [-0.05, 0) is 13.8 Å². The second kappa shape index (κ2) is 4.95. The molecule has 5 atom stereocenters. The monoisotopic (exact) mass is 236 g/mol. The zero-order valence-corrected chi connectivity index (χ0v) is 9.70. The molecule has 1 aliphatic rings. The molecule has 1 rings (SSSR count). The van der Waals surface area contributed by atoms with E-state index >= 15 is 0 Å². The maximum atomic E-state index is 9.93. The minimum atomic E-state index is -1.24. The summed E-state index contributed by atoms with van der Waals surface area (Å²) >= 11 is 0. The zero-order chi connectivity index (χ0) is 12.5. The Balaban J connectivity index is 2.90. The van der Waals surface area contributed by atoms with Gasteiger partial charge >= 0.3 is 0 Å². The van der Waals surface area contributed by atoms with E-state index in [2.05, 4.69) is 0 Å². The van der Waals surface area contributed by atoms with Crippen LogP contribution < -0.4 is 0 Å². The summed E-state index contributed by atoms with van der Waals surface area (Å²) in [7, 11) is 1.36. The maximum absolute atomic E-state index is 9.93. The smallest absolute Gasteiger partial charge is 0.184 e. The molecule has 1 heterocycles. The van der Waals surface area contributed by atoms with Crippen LogP contribution in [-0.2, 0) is 9.47 Å². The van der Waals surface area contributed by atoms with Gasteiger partial charge in [-0.1, -0.05) is 0 Å². The van der Waals surface area contributed by atoms with Crippen molar-refractivity contribution in [3.8, 4) is 0 Å². The SMILES string of the molecule is CO[C@@H]1O[C@@H]([C@H](O)CO)C(C(C)(C)O)C1O. The third-order valence-corrected chi connectivity index (χ3v) is 2.91. The molecule has 6 nitrogen and oxygen atoms in total. The van der Waals surface area contributed by atoms with Crippen LogP contribution in [0.2, 0.25) is 0 Å². The van der Waals surface area contributed by atoms with E-state index in [0.717, 1.165) is 0 Å². The zero-order valence-electron chi connectivity index (χ0n) is 9.70. The van der Waals surface area contributed by atoms with E-state index in [9.17, 15) is 15.3 Å². The second-order valence-corrected chi connectivity index (χ2v) is 4.62. The lowest BCUT2D eigenvalue weighted by molar-refractivity contribution is -0.167. The van der Waals surface area contributed by atoms with Gasteiger partial charge in [-0.2, -0.15) is 0 Å². The Morgan fingerprint density at radius 1 is 1.44 bits per heavy atom. The number of rotatable bonds is 4.